The first kappa shape index (κ1) is 15.8. The summed E-state index contributed by atoms with van der Waals surface area (Å²) in [6.07, 6.45) is 7.88. The molecule has 17 heavy (non-hydrogen) atoms. The van der Waals surface area contributed by atoms with Crippen molar-refractivity contribution in [3.63, 3.8) is 0 Å². The molecule has 0 heterocycles. The molecule has 1 atom stereocenters. The molecule has 98 valence electrons. The predicted octanol–water partition coefficient (Wildman–Crippen LogP) is 1.97. The maximum absolute atomic E-state index is 11.2. The summed E-state index contributed by atoms with van der Waals surface area (Å²) in [6, 6.07) is -0.566. The second-order valence-electron chi connectivity index (χ2n) is 4.01. The lowest BCUT2D eigenvalue weighted by Gasteiger charge is -2.07. The van der Waals surface area contributed by atoms with E-state index in [1.807, 2.05) is 12.2 Å². The van der Waals surface area contributed by atoms with Gasteiger partial charge in [-0.25, -0.2) is 0 Å². The average Bonchev–Trinajstić information content (AvgIpc) is 2.27. The SMILES string of the molecule is CCOC(=O)C(N)C/C=C/CCCCC(C)=O. The first-order valence-corrected chi connectivity index (χ1v) is 6.14. The number of unbranched alkanes of at least 4 members (excludes halogenated alkanes) is 2. The van der Waals surface area contributed by atoms with Crippen molar-refractivity contribution in [1.82, 2.24) is 0 Å². The number of Topliss-reactive ketones (excluding diaryl/α,β-unsaturated/α-hetero) is 1. The Morgan fingerprint density at radius 1 is 1.29 bits per heavy atom. The van der Waals surface area contributed by atoms with Crippen molar-refractivity contribution in [3.8, 4) is 0 Å². The van der Waals surface area contributed by atoms with Gasteiger partial charge in [-0.05, 0) is 39.5 Å². The number of carbonyl (C=O) groups excluding carboxylic acids is 2. The fourth-order valence-electron chi connectivity index (χ4n) is 1.34. The van der Waals surface area contributed by atoms with Gasteiger partial charge in [0.2, 0.25) is 0 Å². The van der Waals surface area contributed by atoms with Gasteiger partial charge in [0.25, 0.3) is 0 Å². The minimum Gasteiger partial charge on any atom is -0.465 e. The van der Waals surface area contributed by atoms with E-state index >= 15 is 0 Å². The summed E-state index contributed by atoms with van der Waals surface area (Å²) in [6.45, 7) is 3.73. The van der Waals surface area contributed by atoms with E-state index in [0.717, 1.165) is 19.3 Å². The molecule has 2 N–H and O–H groups in total. The van der Waals surface area contributed by atoms with E-state index in [1.165, 1.54) is 0 Å². The normalized spacial score (nSPS) is 12.6. The molecule has 0 spiro atoms. The molecule has 0 aromatic carbocycles. The molecule has 0 bridgehead atoms. The van der Waals surface area contributed by atoms with Gasteiger partial charge >= 0.3 is 5.97 Å². The summed E-state index contributed by atoms with van der Waals surface area (Å²) in [5.74, 6) is -0.118. The zero-order valence-corrected chi connectivity index (χ0v) is 10.8. The number of nitrogens with two attached hydrogens (primary N) is 1. The summed E-state index contributed by atoms with van der Waals surface area (Å²) in [7, 11) is 0. The lowest BCUT2D eigenvalue weighted by molar-refractivity contribution is -0.144. The van der Waals surface area contributed by atoms with E-state index in [2.05, 4.69) is 0 Å². The van der Waals surface area contributed by atoms with E-state index in [4.69, 9.17) is 10.5 Å². The van der Waals surface area contributed by atoms with Crippen molar-refractivity contribution >= 4 is 11.8 Å². The van der Waals surface area contributed by atoms with E-state index < -0.39 is 6.04 Å². The maximum Gasteiger partial charge on any atom is 0.323 e. The van der Waals surface area contributed by atoms with Crippen LogP contribution in [0.4, 0.5) is 0 Å². The molecule has 0 aliphatic rings. The molecule has 0 amide bonds. The van der Waals surface area contributed by atoms with Gasteiger partial charge in [0.15, 0.2) is 0 Å². The average molecular weight is 241 g/mol. The first-order chi connectivity index (χ1) is 8.07. The fraction of sp³-hybridized carbons (Fsp3) is 0.692. The second-order valence-corrected chi connectivity index (χ2v) is 4.01. The van der Waals surface area contributed by atoms with E-state index in [9.17, 15) is 9.59 Å². The molecule has 0 aliphatic heterocycles. The molecular weight excluding hydrogens is 218 g/mol. The van der Waals surface area contributed by atoms with Gasteiger partial charge in [-0.2, -0.15) is 0 Å². The van der Waals surface area contributed by atoms with Crippen LogP contribution in [0.5, 0.6) is 0 Å². The Morgan fingerprint density at radius 2 is 2.00 bits per heavy atom. The van der Waals surface area contributed by atoms with E-state index in [1.54, 1.807) is 13.8 Å². The van der Waals surface area contributed by atoms with Crippen molar-refractivity contribution in [2.24, 2.45) is 5.73 Å². The number of carbonyl (C=O) groups is 2. The van der Waals surface area contributed by atoms with Gasteiger partial charge in [0, 0.05) is 6.42 Å². The van der Waals surface area contributed by atoms with Gasteiger partial charge in [-0.3, -0.25) is 4.79 Å². The van der Waals surface area contributed by atoms with Crippen molar-refractivity contribution < 1.29 is 14.3 Å². The highest BCUT2D eigenvalue weighted by Gasteiger charge is 2.11. The van der Waals surface area contributed by atoms with Crippen LogP contribution in [0.25, 0.3) is 0 Å². The Balaban J connectivity index is 3.53. The van der Waals surface area contributed by atoms with Crippen LogP contribution in [0, 0.1) is 0 Å². The number of ether oxygens (including phenoxy) is 1. The predicted molar refractivity (Wildman–Crippen MR) is 67.5 cm³/mol. The Kier molecular flexibility index (Phi) is 9.34. The monoisotopic (exact) mass is 241 g/mol. The Morgan fingerprint density at radius 3 is 2.59 bits per heavy atom. The molecule has 0 saturated heterocycles. The molecule has 0 fully saturated rings. The van der Waals surface area contributed by atoms with Crippen LogP contribution in [0.3, 0.4) is 0 Å². The molecule has 1 unspecified atom stereocenters. The van der Waals surface area contributed by atoms with Crippen LogP contribution in [-0.4, -0.2) is 24.4 Å². The first-order valence-electron chi connectivity index (χ1n) is 6.14. The number of esters is 1. The van der Waals surface area contributed by atoms with Gasteiger partial charge in [0.1, 0.15) is 11.8 Å². The van der Waals surface area contributed by atoms with Crippen molar-refractivity contribution in [3.05, 3.63) is 12.2 Å². The second kappa shape index (κ2) is 10.0. The topological polar surface area (TPSA) is 69.4 Å². The lowest BCUT2D eigenvalue weighted by atomic mass is 10.1. The summed E-state index contributed by atoms with van der Waals surface area (Å²) >= 11 is 0. The smallest absolute Gasteiger partial charge is 0.323 e. The summed E-state index contributed by atoms with van der Waals surface area (Å²) in [5, 5.41) is 0. The van der Waals surface area contributed by atoms with Gasteiger partial charge in [-0.1, -0.05) is 12.2 Å². The third-order valence-electron chi connectivity index (χ3n) is 2.30. The number of rotatable bonds is 9. The quantitative estimate of drug-likeness (QED) is 0.380. The Bertz CT molecular complexity index is 261. The zero-order chi connectivity index (χ0) is 13.1. The molecule has 0 radical (unpaired) electrons. The molecule has 0 aromatic rings. The van der Waals surface area contributed by atoms with E-state index in [-0.39, 0.29) is 11.8 Å². The Labute approximate surface area is 103 Å². The van der Waals surface area contributed by atoms with Crippen LogP contribution in [0.2, 0.25) is 0 Å². The number of hydrogen-bond acceptors (Lipinski definition) is 4. The van der Waals surface area contributed by atoms with Crippen molar-refractivity contribution in [2.45, 2.75) is 52.0 Å². The Hall–Kier alpha value is -1.16. The number of allylic oxidation sites excluding steroid dienone is 1. The highest BCUT2D eigenvalue weighted by Crippen LogP contribution is 2.02. The highest BCUT2D eigenvalue weighted by molar-refractivity contribution is 5.75. The maximum atomic E-state index is 11.2. The summed E-state index contributed by atoms with van der Waals surface area (Å²) < 4.78 is 4.79. The van der Waals surface area contributed by atoms with E-state index in [0.29, 0.717) is 19.4 Å². The number of ketones is 1. The van der Waals surface area contributed by atoms with Crippen molar-refractivity contribution in [1.29, 1.82) is 0 Å². The molecule has 4 heteroatoms. The minimum absolute atomic E-state index is 0.235. The fourth-order valence-corrected chi connectivity index (χ4v) is 1.34. The van der Waals surface area contributed by atoms with Gasteiger partial charge in [0.05, 0.1) is 6.61 Å². The standard InChI is InChI=1S/C13H23NO3/c1-3-17-13(16)12(14)10-8-6-4-5-7-9-11(2)15/h6,8,12H,3-5,7,9-10,14H2,1-2H3/b8-6+. The molecular formula is C13H23NO3. The molecule has 0 aliphatic carbocycles. The van der Waals surface area contributed by atoms with Crippen LogP contribution < -0.4 is 5.73 Å². The third kappa shape index (κ3) is 9.75. The molecule has 0 rings (SSSR count). The molecule has 4 nitrogen and oxygen atoms in total. The largest absolute Gasteiger partial charge is 0.465 e. The lowest BCUT2D eigenvalue weighted by Crippen LogP contribution is -2.31. The summed E-state index contributed by atoms with van der Waals surface area (Å²) in [4.78, 5) is 21.8. The van der Waals surface area contributed by atoms with Gasteiger partial charge < -0.3 is 15.3 Å². The van der Waals surface area contributed by atoms with Gasteiger partial charge in [-0.15, -0.1) is 0 Å². The van der Waals surface area contributed by atoms with Crippen LogP contribution in [0.15, 0.2) is 12.2 Å². The zero-order valence-electron chi connectivity index (χ0n) is 10.8. The molecule has 0 aromatic heterocycles. The highest BCUT2D eigenvalue weighted by atomic mass is 16.5. The van der Waals surface area contributed by atoms with Crippen LogP contribution in [-0.2, 0) is 14.3 Å². The van der Waals surface area contributed by atoms with Crippen LogP contribution in [0.1, 0.15) is 46.0 Å². The summed E-state index contributed by atoms with van der Waals surface area (Å²) in [5.41, 5.74) is 5.61. The molecule has 0 saturated carbocycles. The van der Waals surface area contributed by atoms with Crippen molar-refractivity contribution in [2.75, 3.05) is 6.61 Å². The third-order valence-corrected chi connectivity index (χ3v) is 2.30. The van der Waals surface area contributed by atoms with Crippen LogP contribution >= 0.6 is 0 Å². The minimum atomic E-state index is -0.566. The number of hydrogen-bond donors (Lipinski definition) is 1.